The first-order chi connectivity index (χ1) is 12.2. The second-order valence-electron chi connectivity index (χ2n) is 7.48. The van der Waals surface area contributed by atoms with Crippen LogP contribution in [-0.2, 0) is 9.59 Å². The van der Waals surface area contributed by atoms with Gasteiger partial charge in [0.1, 0.15) is 6.04 Å². The summed E-state index contributed by atoms with van der Waals surface area (Å²) in [5, 5.41) is 0. The highest BCUT2D eigenvalue weighted by atomic mass is 16.2. The van der Waals surface area contributed by atoms with Gasteiger partial charge < -0.3 is 9.80 Å². The van der Waals surface area contributed by atoms with E-state index in [1.165, 1.54) is 0 Å². The Morgan fingerprint density at radius 2 is 1.48 bits per heavy atom. The lowest BCUT2D eigenvalue weighted by molar-refractivity contribution is -0.139. The summed E-state index contributed by atoms with van der Waals surface area (Å²) in [6.45, 7) is 4.79. The van der Waals surface area contributed by atoms with E-state index in [-0.39, 0.29) is 17.9 Å². The van der Waals surface area contributed by atoms with E-state index in [0.717, 1.165) is 70.5 Å². The van der Waals surface area contributed by atoms with Crippen LogP contribution >= 0.6 is 0 Å². The van der Waals surface area contributed by atoms with E-state index < -0.39 is 0 Å². The van der Waals surface area contributed by atoms with Gasteiger partial charge in [-0.25, -0.2) is 0 Å². The molecule has 2 heterocycles. The summed E-state index contributed by atoms with van der Waals surface area (Å²) in [6, 6.07) is 9.91. The topological polar surface area (TPSA) is 43.9 Å². The van der Waals surface area contributed by atoms with Crippen molar-refractivity contribution in [2.24, 2.45) is 5.92 Å². The molecule has 1 atom stereocenters. The van der Waals surface area contributed by atoms with E-state index in [4.69, 9.17) is 0 Å². The van der Waals surface area contributed by atoms with Crippen LogP contribution in [-0.4, -0.2) is 65.8 Å². The van der Waals surface area contributed by atoms with Gasteiger partial charge in [0.05, 0.1) is 0 Å². The van der Waals surface area contributed by atoms with Crippen molar-refractivity contribution in [1.29, 1.82) is 0 Å². The van der Waals surface area contributed by atoms with Crippen LogP contribution in [0.3, 0.4) is 0 Å². The van der Waals surface area contributed by atoms with Gasteiger partial charge in [-0.3, -0.25) is 14.5 Å². The molecule has 5 heteroatoms. The molecule has 1 unspecified atom stereocenters. The average molecular weight is 341 g/mol. The summed E-state index contributed by atoms with van der Waals surface area (Å²) in [4.78, 5) is 31.7. The van der Waals surface area contributed by atoms with Crippen LogP contribution < -0.4 is 0 Å². The third-order valence-electron chi connectivity index (χ3n) is 5.68. The Bertz CT molecular complexity index is 615. The van der Waals surface area contributed by atoms with Gasteiger partial charge in [0, 0.05) is 45.2 Å². The van der Waals surface area contributed by atoms with Crippen LogP contribution in [0.5, 0.6) is 0 Å². The van der Waals surface area contributed by atoms with E-state index in [0.29, 0.717) is 5.91 Å². The molecule has 0 radical (unpaired) electrons. The smallest absolute Gasteiger partial charge is 0.244 e. The normalized spacial score (nSPS) is 22.9. The van der Waals surface area contributed by atoms with Crippen molar-refractivity contribution in [2.45, 2.75) is 31.7 Å². The lowest BCUT2D eigenvalue weighted by Crippen LogP contribution is -2.53. The van der Waals surface area contributed by atoms with Gasteiger partial charge in [-0.1, -0.05) is 30.3 Å². The SMILES string of the molecule is O=C(C1CC1)N1CCN(C(C(=O)N2CCCC2)c2ccccc2)CC1. The fraction of sp³-hybridized carbons (Fsp3) is 0.600. The number of rotatable bonds is 4. The number of hydrogen-bond donors (Lipinski definition) is 0. The number of likely N-dealkylation sites (tertiary alicyclic amines) is 1. The molecule has 0 aromatic heterocycles. The Balaban J connectivity index is 1.48. The molecule has 1 aromatic carbocycles. The zero-order chi connectivity index (χ0) is 17.2. The van der Waals surface area contributed by atoms with Crippen LogP contribution in [0.1, 0.15) is 37.3 Å². The Morgan fingerprint density at radius 3 is 2.08 bits per heavy atom. The standard InChI is InChI=1S/C20H27N3O2/c24-19(17-8-9-17)23-14-12-21(13-15-23)18(16-6-2-1-3-7-16)20(25)22-10-4-5-11-22/h1-3,6-7,17-18H,4-5,8-15H2. The molecule has 1 saturated carbocycles. The van der Waals surface area contributed by atoms with Gasteiger partial charge in [-0.2, -0.15) is 0 Å². The van der Waals surface area contributed by atoms with Gasteiger partial charge in [-0.15, -0.1) is 0 Å². The lowest BCUT2D eigenvalue weighted by atomic mass is 10.0. The van der Waals surface area contributed by atoms with Gasteiger partial charge in [0.25, 0.3) is 0 Å². The van der Waals surface area contributed by atoms with E-state index in [1.807, 2.05) is 28.0 Å². The molecule has 5 nitrogen and oxygen atoms in total. The van der Waals surface area contributed by atoms with Crippen molar-refractivity contribution in [3.05, 3.63) is 35.9 Å². The number of hydrogen-bond acceptors (Lipinski definition) is 3. The van der Waals surface area contributed by atoms with Gasteiger partial charge in [0.2, 0.25) is 11.8 Å². The highest BCUT2D eigenvalue weighted by Gasteiger charge is 2.38. The number of amides is 2. The number of carbonyl (C=O) groups is 2. The van der Waals surface area contributed by atoms with Crippen LogP contribution in [0.25, 0.3) is 0 Å². The zero-order valence-electron chi connectivity index (χ0n) is 14.8. The molecular weight excluding hydrogens is 314 g/mol. The molecule has 3 fully saturated rings. The maximum atomic E-state index is 13.2. The van der Waals surface area contributed by atoms with E-state index in [2.05, 4.69) is 17.0 Å². The Morgan fingerprint density at radius 1 is 0.840 bits per heavy atom. The zero-order valence-corrected chi connectivity index (χ0v) is 14.8. The second-order valence-corrected chi connectivity index (χ2v) is 7.48. The average Bonchev–Trinajstić information content (AvgIpc) is 3.36. The summed E-state index contributed by atoms with van der Waals surface area (Å²) in [5.74, 6) is 0.829. The summed E-state index contributed by atoms with van der Waals surface area (Å²) in [7, 11) is 0. The number of benzene rings is 1. The van der Waals surface area contributed by atoms with Gasteiger partial charge in [-0.05, 0) is 31.2 Å². The van der Waals surface area contributed by atoms with Crippen LogP contribution in [0.15, 0.2) is 30.3 Å². The molecule has 2 saturated heterocycles. The minimum absolute atomic E-state index is 0.211. The maximum Gasteiger partial charge on any atom is 0.244 e. The molecule has 2 aliphatic heterocycles. The van der Waals surface area contributed by atoms with Crippen molar-refractivity contribution in [3.63, 3.8) is 0 Å². The molecule has 0 bridgehead atoms. The molecule has 4 rings (SSSR count). The monoisotopic (exact) mass is 341 g/mol. The van der Waals surface area contributed by atoms with E-state index in [1.54, 1.807) is 0 Å². The molecule has 134 valence electrons. The summed E-state index contributed by atoms with van der Waals surface area (Å²) >= 11 is 0. The van der Waals surface area contributed by atoms with Crippen LogP contribution in [0, 0.1) is 5.92 Å². The van der Waals surface area contributed by atoms with Crippen LogP contribution in [0.2, 0.25) is 0 Å². The van der Waals surface area contributed by atoms with Crippen molar-refractivity contribution in [1.82, 2.24) is 14.7 Å². The third-order valence-corrected chi connectivity index (χ3v) is 5.68. The third kappa shape index (κ3) is 3.56. The fourth-order valence-corrected chi connectivity index (χ4v) is 4.04. The van der Waals surface area contributed by atoms with E-state index in [9.17, 15) is 9.59 Å². The first kappa shape index (κ1) is 16.6. The first-order valence-corrected chi connectivity index (χ1v) is 9.60. The molecule has 3 aliphatic rings. The van der Waals surface area contributed by atoms with Crippen molar-refractivity contribution >= 4 is 11.8 Å². The number of piperazine rings is 1. The summed E-state index contributed by atoms with van der Waals surface area (Å²) < 4.78 is 0. The van der Waals surface area contributed by atoms with Crippen molar-refractivity contribution in [2.75, 3.05) is 39.3 Å². The molecule has 1 aliphatic carbocycles. The quantitative estimate of drug-likeness (QED) is 0.840. The van der Waals surface area contributed by atoms with E-state index >= 15 is 0 Å². The van der Waals surface area contributed by atoms with Crippen molar-refractivity contribution in [3.8, 4) is 0 Å². The fourth-order valence-electron chi connectivity index (χ4n) is 4.04. The molecule has 1 aromatic rings. The van der Waals surface area contributed by atoms with Gasteiger partial charge >= 0.3 is 0 Å². The Labute approximate surface area is 149 Å². The van der Waals surface area contributed by atoms with Gasteiger partial charge in [0.15, 0.2) is 0 Å². The highest BCUT2D eigenvalue weighted by Crippen LogP contribution is 2.32. The largest absolute Gasteiger partial charge is 0.341 e. The predicted octanol–water partition coefficient (Wildman–Crippen LogP) is 1.90. The van der Waals surface area contributed by atoms with Crippen LogP contribution in [0.4, 0.5) is 0 Å². The molecule has 2 amide bonds. The number of carbonyl (C=O) groups excluding carboxylic acids is 2. The molecule has 0 spiro atoms. The predicted molar refractivity (Wildman–Crippen MR) is 95.9 cm³/mol. The first-order valence-electron chi connectivity index (χ1n) is 9.60. The molecular formula is C20H27N3O2. The lowest BCUT2D eigenvalue weighted by Gasteiger charge is -2.40. The Kier molecular flexibility index (Phi) is 4.75. The second kappa shape index (κ2) is 7.16. The minimum Gasteiger partial charge on any atom is -0.341 e. The summed E-state index contributed by atoms with van der Waals surface area (Å²) in [5.41, 5.74) is 1.07. The maximum absolute atomic E-state index is 13.2. The molecule has 0 N–H and O–H groups in total. The minimum atomic E-state index is -0.211. The number of nitrogens with zero attached hydrogens (tertiary/aromatic N) is 3. The molecule has 25 heavy (non-hydrogen) atoms. The van der Waals surface area contributed by atoms with Crippen molar-refractivity contribution < 1.29 is 9.59 Å². The Hall–Kier alpha value is -1.88. The highest BCUT2D eigenvalue weighted by molar-refractivity contribution is 5.84. The summed E-state index contributed by atoms with van der Waals surface area (Å²) in [6.07, 6.45) is 4.33.